The number of hydrogen-bond donors (Lipinski definition) is 2. The number of benzene rings is 2. The Labute approximate surface area is 128 Å². The number of hydrogen-bond acceptors (Lipinski definition) is 3. The molecular weight excluding hydrogens is 307 g/mol. The van der Waals surface area contributed by atoms with Crippen LogP contribution in [-0.2, 0) is 10.0 Å². The molecule has 5 nitrogen and oxygen atoms in total. The van der Waals surface area contributed by atoms with Crippen molar-refractivity contribution in [2.45, 2.75) is 18.7 Å². The lowest BCUT2D eigenvalue weighted by molar-refractivity contribution is 0.0945. The summed E-state index contributed by atoms with van der Waals surface area (Å²) in [6, 6.07) is 9.76. The van der Waals surface area contributed by atoms with E-state index in [1.54, 1.807) is 26.0 Å². The molecule has 2 N–H and O–H groups in total. The number of carbonyl (C=O) groups is 1. The van der Waals surface area contributed by atoms with Gasteiger partial charge in [0.05, 0.1) is 4.90 Å². The van der Waals surface area contributed by atoms with E-state index in [0.717, 1.165) is 17.7 Å². The minimum absolute atomic E-state index is 0.0897. The van der Waals surface area contributed by atoms with Crippen molar-refractivity contribution in [3.8, 4) is 0 Å². The number of amides is 1. The molecule has 1 amide bonds. The first kappa shape index (κ1) is 16.1. The molecule has 0 aromatic heterocycles. The molecule has 0 saturated heterocycles. The topological polar surface area (TPSA) is 75.3 Å². The minimum atomic E-state index is -3.88. The van der Waals surface area contributed by atoms with Crippen LogP contribution < -0.4 is 10.3 Å². The van der Waals surface area contributed by atoms with Crippen molar-refractivity contribution in [2.75, 3.05) is 0 Å². The lowest BCUT2D eigenvalue weighted by Crippen LogP contribution is -2.41. The normalized spacial score (nSPS) is 11.2. The fraction of sp³-hybridized carbons (Fsp3) is 0.133. The number of sulfonamides is 1. The molecule has 0 aliphatic carbocycles. The third-order valence-corrected chi connectivity index (χ3v) is 4.43. The van der Waals surface area contributed by atoms with Crippen molar-refractivity contribution in [1.82, 2.24) is 10.3 Å². The van der Waals surface area contributed by atoms with Crippen LogP contribution in [0.3, 0.4) is 0 Å². The van der Waals surface area contributed by atoms with Gasteiger partial charge in [-0.3, -0.25) is 10.2 Å². The number of aryl methyl sites for hydroxylation is 2. The highest BCUT2D eigenvalue weighted by molar-refractivity contribution is 7.89. The molecule has 7 heteroatoms. The van der Waals surface area contributed by atoms with E-state index in [0.29, 0.717) is 5.56 Å². The Kier molecular flexibility index (Phi) is 4.58. The second kappa shape index (κ2) is 6.25. The standard InChI is InChI=1S/C15H15FN2O3S/c1-10-3-4-11(2)14(9-10)22(20,21)18-17-15(19)12-5-7-13(16)8-6-12/h3-9,18H,1-2H3,(H,17,19). The molecule has 0 unspecified atom stereocenters. The van der Waals surface area contributed by atoms with Crippen LogP contribution in [-0.4, -0.2) is 14.3 Å². The van der Waals surface area contributed by atoms with Crippen molar-refractivity contribution in [3.63, 3.8) is 0 Å². The number of hydrazine groups is 1. The lowest BCUT2D eigenvalue weighted by atomic mass is 10.2. The van der Waals surface area contributed by atoms with Gasteiger partial charge in [0.15, 0.2) is 0 Å². The van der Waals surface area contributed by atoms with Gasteiger partial charge in [-0.1, -0.05) is 12.1 Å². The molecule has 0 heterocycles. The number of carbonyl (C=O) groups excluding carboxylic acids is 1. The first-order valence-corrected chi connectivity index (χ1v) is 7.93. The minimum Gasteiger partial charge on any atom is -0.273 e. The smallest absolute Gasteiger partial charge is 0.266 e. The summed E-state index contributed by atoms with van der Waals surface area (Å²) in [5.74, 6) is -1.15. The van der Waals surface area contributed by atoms with E-state index in [1.165, 1.54) is 18.2 Å². The lowest BCUT2D eigenvalue weighted by Gasteiger charge is -2.11. The van der Waals surface area contributed by atoms with E-state index in [-0.39, 0.29) is 10.5 Å². The quantitative estimate of drug-likeness (QED) is 0.846. The van der Waals surface area contributed by atoms with Crippen molar-refractivity contribution in [2.24, 2.45) is 0 Å². The van der Waals surface area contributed by atoms with Crippen LogP contribution in [0.25, 0.3) is 0 Å². The predicted molar refractivity (Wildman–Crippen MR) is 80.1 cm³/mol. The summed E-state index contributed by atoms with van der Waals surface area (Å²) >= 11 is 0. The second-order valence-electron chi connectivity index (χ2n) is 4.84. The molecule has 22 heavy (non-hydrogen) atoms. The van der Waals surface area contributed by atoms with Crippen molar-refractivity contribution < 1.29 is 17.6 Å². The second-order valence-corrected chi connectivity index (χ2v) is 6.49. The molecule has 0 aliphatic rings. The summed E-state index contributed by atoms with van der Waals surface area (Å²) in [5.41, 5.74) is 3.60. The molecule has 0 aliphatic heterocycles. The van der Waals surface area contributed by atoms with Crippen LogP contribution in [0.5, 0.6) is 0 Å². The van der Waals surface area contributed by atoms with Crippen LogP contribution in [0.15, 0.2) is 47.4 Å². The Hall–Kier alpha value is -2.25. The van der Waals surface area contributed by atoms with Gasteiger partial charge in [0.2, 0.25) is 0 Å². The SMILES string of the molecule is Cc1ccc(C)c(S(=O)(=O)NNC(=O)c2ccc(F)cc2)c1. The van der Waals surface area contributed by atoms with Gasteiger partial charge >= 0.3 is 0 Å². The average Bonchev–Trinajstić information content (AvgIpc) is 2.48. The summed E-state index contributed by atoms with van der Waals surface area (Å²) in [6.45, 7) is 3.44. The average molecular weight is 322 g/mol. The fourth-order valence-electron chi connectivity index (χ4n) is 1.84. The van der Waals surface area contributed by atoms with Crippen LogP contribution in [0, 0.1) is 19.7 Å². The maximum absolute atomic E-state index is 12.8. The number of rotatable bonds is 4. The Balaban J connectivity index is 2.14. The molecule has 2 aromatic carbocycles. The Bertz CT molecular complexity index is 802. The zero-order valence-electron chi connectivity index (χ0n) is 12.1. The molecule has 2 rings (SSSR count). The van der Waals surface area contributed by atoms with E-state index in [9.17, 15) is 17.6 Å². The van der Waals surface area contributed by atoms with Gasteiger partial charge in [0.25, 0.3) is 15.9 Å². The largest absolute Gasteiger partial charge is 0.273 e. The summed E-state index contributed by atoms with van der Waals surface area (Å²) < 4.78 is 37.2. The molecule has 0 bridgehead atoms. The van der Waals surface area contributed by atoms with E-state index in [2.05, 4.69) is 5.43 Å². The summed E-state index contributed by atoms with van der Waals surface area (Å²) in [4.78, 5) is 14.0. The van der Waals surface area contributed by atoms with Gasteiger partial charge in [-0.2, -0.15) is 0 Å². The third kappa shape index (κ3) is 3.69. The van der Waals surface area contributed by atoms with Gasteiger partial charge in [-0.25, -0.2) is 12.8 Å². The summed E-state index contributed by atoms with van der Waals surface area (Å²) in [5, 5.41) is 0. The van der Waals surface area contributed by atoms with Gasteiger partial charge in [0.1, 0.15) is 5.82 Å². The van der Waals surface area contributed by atoms with Gasteiger partial charge in [0, 0.05) is 5.56 Å². The highest BCUT2D eigenvalue weighted by Crippen LogP contribution is 2.16. The predicted octanol–water partition coefficient (Wildman–Crippen LogP) is 2.07. The van der Waals surface area contributed by atoms with Gasteiger partial charge in [-0.05, 0) is 55.3 Å². The van der Waals surface area contributed by atoms with Crippen LogP contribution in [0.1, 0.15) is 21.5 Å². The van der Waals surface area contributed by atoms with E-state index in [1.807, 2.05) is 4.83 Å². The molecule has 116 valence electrons. The zero-order valence-corrected chi connectivity index (χ0v) is 12.9. The Morgan fingerprint density at radius 2 is 1.68 bits per heavy atom. The highest BCUT2D eigenvalue weighted by Gasteiger charge is 2.18. The van der Waals surface area contributed by atoms with Crippen LogP contribution in [0.2, 0.25) is 0 Å². The van der Waals surface area contributed by atoms with Crippen LogP contribution in [0.4, 0.5) is 4.39 Å². The van der Waals surface area contributed by atoms with Crippen LogP contribution >= 0.6 is 0 Å². The molecule has 0 spiro atoms. The molecule has 0 atom stereocenters. The molecular formula is C15H15FN2O3S. The monoisotopic (exact) mass is 322 g/mol. The summed E-state index contributed by atoms with van der Waals surface area (Å²) in [7, 11) is -3.88. The zero-order chi connectivity index (χ0) is 16.3. The highest BCUT2D eigenvalue weighted by atomic mass is 32.2. The molecule has 2 aromatic rings. The molecule has 0 saturated carbocycles. The van der Waals surface area contributed by atoms with Crippen molar-refractivity contribution in [1.29, 1.82) is 0 Å². The molecule has 0 fully saturated rings. The van der Waals surface area contributed by atoms with Crippen molar-refractivity contribution in [3.05, 3.63) is 65.0 Å². The number of halogens is 1. The van der Waals surface area contributed by atoms with Gasteiger partial charge < -0.3 is 0 Å². The number of nitrogens with one attached hydrogen (secondary N) is 2. The first-order chi connectivity index (χ1) is 10.3. The first-order valence-electron chi connectivity index (χ1n) is 6.44. The summed E-state index contributed by atoms with van der Waals surface area (Å²) in [6.07, 6.45) is 0. The third-order valence-electron chi connectivity index (χ3n) is 3.04. The maximum Gasteiger partial charge on any atom is 0.266 e. The Morgan fingerprint density at radius 3 is 2.32 bits per heavy atom. The fourth-order valence-corrected chi connectivity index (χ4v) is 3.01. The van der Waals surface area contributed by atoms with Crippen molar-refractivity contribution >= 4 is 15.9 Å². The van der Waals surface area contributed by atoms with Gasteiger partial charge in [-0.15, -0.1) is 4.83 Å². The van der Waals surface area contributed by atoms with E-state index >= 15 is 0 Å². The Morgan fingerprint density at radius 1 is 1.05 bits per heavy atom. The van der Waals surface area contributed by atoms with E-state index in [4.69, 9.17) is 0 Å². The maximum atomic E-state index is 12.8. The van der Waals surface area contributed by atoms with E-state index < -0.39 is 21.7 Å². The molecule has 0 radical (unpaired) electrons.